The van der Waals surface area contributed by atoms with Crippen molar-refractivity contribution < 1.29 is 31.8 Å². The second-order valence-electron chi connectivity index (χ2n) is 4.59. The van der Waals surface area contributed by atoms with Gasteiger partial charge in [0, 0.05) is 0 Å². The van der Waals surface area contributed by atoms with Crippen molar-refractivity contribution in [3.05, 3.63) is 17.4 Å². The highest BCUT2D eigenvalue weighted by atomic mass is 32.2. The third kappa shape index (κ3) is 4.75. The zero-order valence-corrected chi connectivity index (χ0v) is 13.1. The summed E-state index contributed by atoms with van der Waals surface area (Å²) in [6, 6.07) is 0.766. The Morgan fingerprint density at radius 1 is 1.32 bits per heavy atom. The molecule has 0 aliphatic rings. The molecule has 0 amide bonds. The number of carbonyl (C=O) groups excluding carboxylic acids is 1. The van der Waals surface area contributed by atoms with E-state index in [1.807, 2.05) is 0 Å². The van der Waals surface area contributed by atoms with Gasteiger partial charge in [0.1, 0.15) is 10.6 Å². The lowest BCUT2D eigenvalue weighted by Crippen LogP contribution is -2.32. The average molecular weight is 341 g/mol. The van der Waals surface area contributed by atoms with Gasteiger partial charge in [0.25, 0.3) is 0 Å². The van der Waals surface area contributed by atoms with Gasteiger partial charge >= 0.3 is 12.1 Å². The van der Waals surface area contributed by atoms with Crippen molar-refractivity contribution in [2.45, 2.75) is 44.2 Å². The van der Waals surface area contributed by atoms with Crippen LogP contribution in [-0.4, -0.2) is 35.6 Å². The second-order valence-corrected chi connectivity index (χ2v) is 5.38. The van der Waals surface area contributed by atoms with Crippen LogP contribution in [0.3, 0.4) is 0 Å². The van der Waals surface area contributed by atoms with E-state index >= 15 is 0 Å². The molecule has 1 rings (SSSR count). The van der Waals surface area contributed by atoms with Crippen molar-refractivity contribution in [2.24, 2.45) is 0 Å². The first-order valence-corrected chi connectivity index (χ1v) is 7.47. The number of hydrogen-bond donors (Lipinski definition) is 0. The smallest absolute Gasteiger partial charge is 0.425 e. The van der Waals surface area contributed by atoms with Gasteiger partial charge in [-0.3, -0.25) is 0 Å². The molecule has 0 saturated heterocycles. The summed E-state index contributed by atoms with van der Waals surface area (Å²) in [7, 11) is 0. The minimum atomic E-state index is -4.64. The average Bonchev–Trinajstić information content (AvgIpc) is 2.38. The van der Waals surface area contributed by atoms with Crippen LogP contribution >= 0.6 is 11.8 Å². The Morgan fingerprint density at radius 2 is 1.91 bits per heavy atom. The number of esters is 1. The molecule has 1 aromatic heterocycles. The second kappa shape index (κ2) is 7.17. The molecular formula is C13H15F4NO3S. The van der Waals surface area contributed by atoms with Crippen LogP contribution in [0.25, 0.3) is 0 Å². The monoisotopic (exact) mass is 341 g/mol. The summed E-state index contributed by atoms with van der Waals surface area (Å²) in [4.78, 5) is 15.5. The molecule has 0 radical (unpaired) electrons. The Bertz CT molecular complexity index is 549. The number of halogens is 4. The fourth-order valence-electron chi connectivity index (χ4n) is 1.35. The molecule has 0 unspecified atom stereocenters. The summed E-state index contributed by atoms with van der Waals surface area (Å²) in [5.41, 5.74) is -0.486. The largest absolute Gasteiger partial charge is 0.464 e. The highest BCUT2D eigenvalue weighted by Crippen LogP contribution is 2.29. The Labute approximate surface area is 129 Å². The zero-order chi connectivity index (χ0) is 17.1. The molecule has 4 nitrogen and oxygen atoms in total. The van der Waals surface area contributed by atoms with Gasteiger partial charge in [0.05, 0.1) is 6.10 Å². The van der Waals surface area contributed by atoms with E-state index in [0.717, 1.165) is 24.8 Å². The lowest BCUT2D eigenvalue weighted by Gasteiger charge is -2.19. The Morgan fingerprint density at radius 3 is 2.36 bits per heavy atom. The van der Waals surface area contributed by atoms with E-state index in [2.05, 4.69) is 4.98 Å². The molecule has 0 aliphatic heterocycles. The predicted molar refractivity (Wildman–Crippen MR) is 72.7 cm³/mol. The molecule has 0 aliphatic carbocycles. The summed E-state index contributed by atoms with van der Waals surface area (Å²) in [5.74, 6) is -2.45. The Kier molecular flexibility index (Phi) is 6.04. The van der Waals surface area contributed by atoms with E-state index in [1.165, 1.54) is 6.26 Å². The lowest BCUT2D eigenvalue weighted by molar-refractivity contribution is -0.190. The van der Waals surface area contributed by atoms with Crippen molar-refractivity contribution in [2.75, 3.05) is 6.26 Å². The fraction of sp³-hybridized carbons (Fsp3) is 0.538. The van der Waals surface area contributed by atoms with Gasteiger partial charge < -0.3 is 9.47 Å². The van der Waals surface area contributed by atoms with Crippen LogP contribution < -0.4 is 4.74 Å². The summed E-state index contributed by atoms with van der Waals surface area (Å²) in [6.07, 6.45) is -5.88. The molecule has 0 N–H and O–H groups in total. The quantitative estimate of drug-likeness (QED) is 0.463. The Hall–Kier alpha value is -1.51. The zero-order valence-electron chi connectivity index (χ0n) is 12.3. The first kappa shape index (κ1) is 18.5. The van der Waals surface area contributed by atoms with Crippen molar-refractivity contribution in [1.29, 1.82) is 0 Å². The molecular weight excluding hydrogens is 326 g/mol. The summed E-state index contributed by atoms with van der Waals surface area (Å²) in [6.45, 7) is 3.87. The van der Waals surface area contributed by atoms with Crippen LogP contribution in [-0.2, 0) is 4.74 Å². The van der Waals surface area contributed by atoms with Crippen LogP contribution in [0.4, 0.5) is 17.6 Å². The van der Waals surface area contributed by atoms with Gasteiger partial charge in [0.2, 0.25) is 5.88 Å². The van der Waals surface area contributed by atoms with Gasteiger partial charge in [-0.25, -0.2) is 14.2 Å². The molecule has 0 bridgehead atoms. The molecule has 22 heavy (non-hydrogen) atoms. The highest BCUT2D eigenvalue weighted by Gasteiger charge is 2.39. The first-order chi connectivity index (χ1) is 10.1. The van der Waals surface area contributed by atoms with Gasteiger partial charge in [-0.1, -0.05) is 0 Å². The van der Waals surface area contributed by atoms with Gasteiger partial charge in [0.15, 0.2) is 11.9 Å². The topological polar surface area (TPSA) is 48.4 Å². The van der Waals surface area contributed by atoms with Crippen LogP contribution in [0.5, 0.6) is 5.88 Å². The van der Waals surface area contributed by atoms with Crippen molar-refractivity contribution in [1.82, 2.24) is 4.98 Å². The van der Waals surface area contributed by atoms with Crippen molar-refractivity contribution >= 4 is 17.7 Å². The van der Waals surface area contributed by atoms with E-state index < -0.39 is 41.6 Å². The Balaban J connectivity index is 3.24. The molecule has 1 heterocycles. The number of pyridine rings is 1. The van der Waals surface area contributed by atoms with Crippen molar-refractivity contribution in [3.8, 4) is 5.88 Å². The number of aromatic nitrogens is 1. The fourth-order valence-corrected chi connectivity index (χ4v) is 1.78. The SMILES string of the molecule is CSc1nc(O[C@@H](C)C(F)(F)F)c(C(=O)OC(C)C)cc1F. The van der Waals surface area contributed by atoms with E-state index in [-0.39, 0.29) is 5.03 Å². The van der Waals surface area contributed by atoms with E-state index in [4.69, 9.17) is 9.47 Å². The van der Waals surface area contributed by atoms with E-state index in [1.54, 1.807) is 13.8 Å². The van der Waals surface area contributed by atoms with Gasteiger partial charge in [-0.15, -0.1) is 11.8 Å². The number of ether oxygens (including phenoxy) is 2. The van der Waals surface area contributed by atoms with Crippen LogP contribution in [0.1, 0.15) is 31.1 Å². The molecule has 0 spiro atoms. The first-order valence-electron chi connectivity index (χ1n) is 6.25. The predicted octanol–water partition coefficient (Wildman–Crippen LogP) is 3.84. The van der Waals surface area contributed by atoms with Crippen LogP contribution in [0, 0.1) is 5.82 Å². The number of alkyl halides is 3. The molecule has 9 heteroatoms. The van der Waals surface area contributed by atoms with Gasteiger partial charge in [-0.05, 0) is 33.1 Å². The van der Waals surface area contributed by atoms with Gasteiger partial charge in [-0.2, -0.15) is 13.2 Å². The maximum Gasteiger partial charge on any atom is 0.425 e. The summed E-state index contributed by atoms with van der Waals surface area (Å²) in [5, 5.41) is -0.175. The minimum absolute atomic E-state index is 0.175. The normalized spacial score (nSPS) is 13.1. The molecule has 1 atom stereocenters. The number of carbonyl (C=O) groups is 1. The maximum absolute atomic E-state index is 13.7. The van der Waals surface area contributed by atoms with E-state index in [9.17, 15) is 22.4 Å². The van der Waals surface area contributed by atoms with Crippen LogP contribution in [0.15, 0.2) is 11.1 Å². The lowest BCUT2D eigenvalue weighted by atomic mass is 10.2. The molecule has 0 saturated carbocycles. The number of rotatable bonds is 5. The molecule has 124 valence electrons. The van der Waals surface area contributed by atoms with E-state index in [0.29, 0.717) is 0 Å². The summed E-state index contributed by atoms with van der Waals surface area (Å²) >= 11 is 0.879. The van der Waals surface area contributed by atoms with Crippen LogP contribution in [0.2, 0.25) is 0 Å². The molecule has 0 fully saturated rings. The minimum Gasteiger partial charge on any atom is -0.464 e. The van der Waals surface area contributed by atoms with Crippen molar-refractivity contribution in [3.63, 3.8) is 0 Å². The highest BCUT2D eigenvalue weighted by molar-refractivity contribution is 7.98. The number of thioether (sulfide) groups is 1. The number of nitrogens with zero attached hydrogens (tertiary/aromatic N) is 1. The number of hydrogen-bond acceptors (Lipinski definition) is 5. The summed E-state index contributed by atoms with van der Waals surface area (Å²) < 4.78 is 61.1. The molecule has 0 aromatic carbocycles. The maximum atomic E-state index is 13.7. The molecule has 1 aromatic rings. The third-order valence-electron chi connectivity index (χ3n) is 2.41. The third-order valence-corrected chi connectivity index (χ3v) is 3.09. The standard InChI is InChI=1S/C13H15F4NO3S/c1-6(2)20-12(19)8-5-9(14)11(22-4)18-10(8)21-7(3)13(15,16)17/h5-7H,1-4H3/t7-/m0/s1.